The molecular formula is C11H17ClN2O2S2. The number of nitrogens with zero attached hydrogens (tertiary/aromatic N) is 1. The number of halogens is 1. The van der Waals surface area contributed by atoms with Gasteiger partial charge in [-0.25, -0.2) is 8.42 Å². The average Bonchev–Trinajstić information content (AvgIpc) is 2.78. The van der Waals surface area contributed by atoms with Crippen molar-refractivity contribution in [2.45, 2.75) is 30.0 Å². The fourth-order valence-corrected chi connectivity index (χ4v) is 5.53. The number of sulfonamides is 1. The van der Waals surface area contributed by atoms with E-state index in [0.29, 0.717) is 15.1 Å². The second-order valence-corrected chi connectivity index (χ2v) is 8.10. The fraction of sp³-hybridized carbons (Fsp3) is 0.636. The van der Waals surface area contributed by atoms with Crippen LogP contribution in [0.15, 0.2) is 16.3 Å². The number of likely N-dealkylation sites (N-methyl/N-ethyl adjacent to an activating group) is 1. The summed E-state index contributed by atoms with van der Waals surface area (Å²) in [7, 11) is -3.40. The van der Waals surface area contributed by atoms with Gasteiger partial charge in [0.25, 0.3) is 10.0 Å². The first kappa shape index (κ1) is 14.3. The van der Waals surface area contributed by atoms with Crippen LogP contribution in [0.4, 0.5) is 0 Å². The van der Waals surface area contributed by atoms with Gasteiger partial charge in [-0.05, 0) is 31.5 Å². The van der Waals surface area contributed by atoms with Crippen LogP contribution in [0.2, 0.25) is 4.34 Å². The Labute approximate surface area is 117 Å². The monoisotopic (exact) mass is 308 g/mol. The van der Waals surface area contributed by atoms with Crippen LogP contribution in [0.1, 0.15) is 19.8 Å². The van der Waals surface area contributed by atoms with Gasteiger partial charge in [0.1, 0.15) is 4.21 Å². The van der Waals surface area contributed by atoms with Crippen molar-refractivity contribution in [2.24, 2.45) is 0 Å². The maximum absolute atomic E-state index is 12.5. The SMILES string of the molecule is CCN(C1CCCNC1)S(=O)(=O)c1ccc(Cl)s1. The van der Waals surface area contributed by atoms with Gasteiger partial charge < -0.3 is 5.32 Å². The number of thiophene rings is 1. The summed E-state index contributed by atoms with van der Waals surface area (Å²) in [6.07, 6.45) is 1.93. The molecule has 0 radical (unpaired) electrons. The maximum atomic E-state index is 12.5. The highest BCUT2D eigenvalue weighted by Gasteiger charge is 2.31. The Kier molecular flexibility index (Phi) is 4.66. The zero-order valence-electron chi connectivity index (χ0n) is 10.2. The van der Waals surface area contributed by atoms with Crippen LogP contribution < -0.4 is 5.32 Å². The van der Waals surface area contributed by atoms with Gasteiger partial charge in [-0.2, -0.15) is 4.31 Å². The van der Waals surface area contributed by atoms with Gasteiger partial charge in [-0.15, -0.1) is 11.3 Å². The first-order valence-electron chi connectivity index (χ1n) is 6.03. The zero-order chi connectivity index (χ0) is 13.2. The van der Waals surface area contributed by atoms with E-state index in [1.807, 2.05) is 6.92 Å². The summed E-state index contributed by atoms with van der Waals surface area (Å²) in [5.41, 5.74) is 0. The molecule has 1 aliphatic heterocycles. The van der Waals surface area contributed by atoms with E-state index in [1.165, 1.54) is 0 Å². The second kappa shape index (κ2) is 5.88. The number of hydrogen-bond acceptors (Lipinski definition) is 4. The quantitative estimate of drug-likeness (QED) is 0.927. The van der Waals surface area contributed by atoms with Crippen molar-refractivity contribution >= 4 is 33.0 Å². The average molecular weight is 309 g/mol. The van der Waals surface area contributed by atoms with Gasteiger partial charge in [0.15, 0.2) is 0 Å². The van der Waals surface area contributed by atoms with Crippen molar-refractivity contribution in [2.75, 3.05) is 19.6 Å². The van der Waals surface area contributed by atoms with Crippen molar-refractivity contribution in [3.05, 3.63) is 16.5 Å². The highest BCUT2D eigenvalue weighted by atomic mass is 35.5. The standard InChI is InChI=1S/C11H17ClN2O2S2/c1-2-14(9-4-3-7-13-8-9)18(15,16)11-6-5-10(12)17-11/h5-6,9,13H,2-4,7-8H2,1H3. The lowest BCUT2D eigenvalue weighted by atomic mass is 10.1. The topological polar surface area (TPSA) is 49.4 Å². The molecule has 1 atom stereocenters. The Morgan fingerprint density at radius 1 is 1.56 bits per heavy atom. The van der Waals surface area contributed by atoms with E-state index in [1.54, 1.807) is 16.4 Å². The normalized spacial score (nSPS) is 21.4. The molecule has 1 saturated heterocycles. The molecule has 7 heteroatoms. The van der Waals surface area contributed by atoms with E-state index < -0.39 is 10.0 Å². The lowest BCUT2D eigenvalue weighted by Gasteiger charge is -2.32. The Hall–Kier alpha value is -0.140. The summed E-state index contributed by atoms with van der Waals surface area (Å²) in [6.45, 7) is 4.07. The van der Waals surface area contributed by atoms with E-state index in [-0.39, 0.29) is 6.04 Å². The highest BCUT2D eigenvalue weighted by molar-refractivity contribution is 7.91. The van der Waals surface area contributed by atoms with Crippen LogP contribution in [0.25, 0.3) is 0 Å². The minimum Gasteiger partial charge on any atom is -0.315 e. The molecule has 102 valence electrons. The molecule has 1 N–H and O–H groups in total. The highest BCUT2D eigenvalue weighted by Crippen LogP contribution is 2.29. The van der Waals surface area contributed by atoms with E-state index in [0.717, 1.165) is 37.3 Å². The molecule has 0 saturated carbocycles. The molecule has 0 spiro atoms. The molecule has 1 fully saturated rings. The molecule has 18 heavy (non-hydrogen) atoms. The van der Waals surface area contributed by atoms with Crippen LogP contribution in [0, 0.1) is 0 Å². The van der Waals surface area contributed by atoms with Crippen LogP contribution in [-0.4, -0.2) is 38.4 Å². The van der Waals surface area contributed by atoms with Gasteiger partial charge in [0, 0.05) is 19.1 Å². The zero-order valence-corrected chi connectivity index (χ0v) is 12.6. The van der Waals surface area contributed by atoms with Gasteiger partial charge in [-0.1, -0.05) is 18.5 Å². The van der Waals surface area contributed by atoms with Crippen molar-refractivity contribution in [1.29, 1.82) is 0 Å². The summed E-state index contributed by atoms with van der Waals surface area (Å²) in [6, 6.07) is 3.27. The van der Waals surface area contributed by atoms with Gasteiger partial charge in [0.05, 0.1) is 4.34 Å². The number of nitrogens with one attached hydrogen (secondary N) is 1. The molecule has 0 aromatic carbocycles. The third-order valence-electron chi connectivity index (χ3n) is 3.10. The summed E-state index contributed by atoms with van der Waals surface area (Å²) in [5.74, 6) is 0. The lowest BCUT2D eigenvalue weighted by Crippen LogP contribution is -2.48. The first-order chi connectivity index (χ1) is 8.55. The van der Waals surface area contributed by atoms with Gasteiger partial charge in [-0.3, -0.25) is 0 Å². The number of piperidine rings is 1. The molecule has 1 aliphatic rings. The molecule has 2 rings (SSSR count). The smallest absolute Gasteiger partial charge is 0.252 e. The van der Waals surface area contributed by atoms with Crippen molar-refractivity contribution in [1.82, 2.24) is 9.62 Å². The lowest BCUT2D eigenvalue weighted by molar-refractivity contribution is 0.275. The maximum Gasteiger partial charge on any atom is 0.252 e. The Morgan fingerprint density at radius 3 is 2.83 bits per heavy atom. The van der Waals surface area contributed by atoms with Crippen LogP contribution in [0.3, 0.4) is 0 Å². The molecular weight excluding hydrogens is 292 g/mol. The predicted molar refractivity (Wildman–Crippen MR) is 74.8 cm³/mol. The third-order valence-corrected chi connectivity index (χ3v) is 6.83. The number of hydrogen-bond donors (Lipinski definition) is 1. The van der Waals surface area contributed by atoms with Crippen molar-refractivity contribution < 1.29 is 8.42 Å². The Morgan fingerprint density at radius 2 is 2.33 bits per heavy atom. The van der Waals surface area contributed by atoms with Crippen LogP contribution in [0.5, 0.6) is 0 Å². The number of rotatable bonds is 4. The molecule has 0 amide bonds. The molecule has 0 bridgehead atoms. The molecule has 0 aliphatic carbocycles. The first-order valence-corrected chi connectivity index (χ1v) is 8.67. The van der Waals surface area contributed by atoms with E-state index in [9.17, 15) is 8.42 Å². The van der Waals surface area contributed by atoms with Crippen LogP contribution >= 0.6 is 22.9 Å². The third kappa shape index (κ3) is 2.88. The van der Waals surface area contributed by atoms with Crippen molar-refractivity contribution in [3.8, 4) is 0 Å². The van der Waals surface area contributed by atoms with E-state index in [4.69, 9.17) is 11.6 Å². The molecule has 2 heterocycles. The molecule has 1 unspecified atom stereocenters. The molecule has 4 nitrogen and oxygen atoms in total. The van der Waals surface area contributed by atoms with Gasteiger partial charge >= 0.3 is 0 Å². The van der Waals surface area contributed by atoms with E-state index in [2.05, 4.69) is 5.32 Å². The largest absolute Gasteiger partial charge is 0.315 e. The second-order valence-electron chi connectivity index (χ2n) is 4.27. The Bertz CT molecular complexity index is 495. The predicted octanol–water partition coefficient (Wildman–Crippen LogP) is 2.16. The van der Waals surface area contributed by atoms with Gasteiger partial charge in [0.2, 0.25) is 0 Å². The Balaban J connectivity index is 2.25. The summed E-state index contributed by atoms with van der Waals surface area (Å²) in [4.78, 5) is 0. The van der Waals surface area contributed by atoms with E-state index >= 15 is 0 Å². The minimum absolute atomic E-state index is 0.0506. The summed E-state index contributed by atoms with van der Waals surface area (Å²) in [5, 5.41) is 3.25. The molecule has 1 aromatic rings. The molecule has 1 aromatic heterocycles. The minimum atomic E-state index is -3.40. The fourth-order valence-electron chi connectivity index (χ4n) is 2.26. The summed E-state index contributed by atoms with van der Waals surface area (Å²) >= 11 is 6.94. The summed E-state index contributed by atoms with van der Waals surface area (Å²) < 4.78 is 27.5. The van der Waals surface area contributed by atoms with Crippen LogP contribution in [-0.2, 0) is 10.0 Å². The van der Waals surface area contributed by atoms with Crippen molar-refractivity contribution in [3.63, 3.8) is 0 Å².